The summed E-state index contributed by atoms with van der Waals surface area (Å²) in [5, 5.41) is 29.3. The van der Waals surface area contributed by atoms with Crippen molar-refractivity contribution >= 4 is 12.9 Å². The van der Waals surface area contributed by atoms with Crippen molar-refractivity contribution in [3.05, 3.63) is 53.6 Å². The van der Waals surface area contributed by atoms with Gasteiger partial charge in [-0.15, -0.1) is 0 Å². The van der Waals surface area contributed by atoms with Gasteiger partial charge in [0.2, 0.25) is 0 Å². The molecule has 0 aromatic heterocycles. The maximum absolute atomic E-state index is 11.6. The molecule has 118 valence electrons. The van der Waals surface area contributed by atoms with Crippen LogP contribution >= 0.6 is 7.60 Å². The van der Waals surface area contributed by atoms with E-state index in [0.717, 1.165) is 0 Å². The molecule has 2 unspecified atom stereocenters. The summed E-state index contributed by atoms with van der Waals surface area (Å²) in [6.07, 6.45) is -1.31. The van der Waals surface area contributed by atoms with Crippen molar-refractivity contribution in [3.8, 4) is 11.5 Å². The van der Waals surface area contributed by atoms with E-state index < -0.39 is 24.9 Å². The zero-order valence-electron chi connectivity index (χ0n) is 11.8. The molecule has 6 nitrogen and oxygen atoms in total. The van der Waals surface area contributed by atoms with E-state index in [-0.39, 0.29) is 17.1 Å². The van der Waals surface area contributed by atoms with Gasteiger partial charge in [0.05, 0.1) is 11.4 Å². The van der Waals surface area contributed by atoms with Gasteiger partial charge in [0.25, 0.3) is 0 Å². The first-order valence-electron chi connectivity index (χ1n) is 6.57. The standard InChI is InChI=1S/C15H17O6P/c1-9(10-5-7-11(16)8-6-10)15(18)14-12(17)3-2-4-13(14)22(19,20)21/h2-9,15-18H,1H3,(H2,19,20,21). The number of phenolic OH excluding ortho intramolecular Hbond substituents is 2. The van der Waals surface area contributed by atoms with Crippen LogP contribution in [0.2, 0.25) is 0 Å². The average Bonchev–Trinajstić information content (AvgIpc) is 2.45. The fourth-order valence-electron chi connectivity index (χ4n) is 2.31. The van der Waals surface area contributed by atoms with Crippen molar-refractivity contribution in [2.75, 3.05) is 0 Å². The van der Waals surface area contributed by atoms with Gasteiger partial charge in [0.1, 0.15) is 11.5 Å². The quantitative estimate of drug-likeness (QED) is 0.547. The third-order valence-corrected chi connectivity index (χ3v) is 4.58. The number of rotatable bonds is 4. The summed E-state index contributed by atoms with van der Waals surface area (Å²) in [6, 6.07) is 9.86. The molecule has 5 N–H and O–H groups in total. The molecule has 0 spiro atoms. The summed E-state index contributed by atoms with van der Waals surface area (Å²) in [5.41, 5.74) is 0.474. The number of aromatic hydroxyl groups is 2. The van der Waals surface area contributed by atoms with Crippen LogP contribution in [0.5, 0.6) is 11.5 Å². The van der Waals surface area contributed by atoms with Gasteiger partial charge < -0.3 is 25.1 Å². The Labute approximate surface area is 127 Å². The molecule has 2 aromatic carbocycles. The normalized spacial score (nSPS) is 14.5. The molecule has 2 aromatic rings. The van der Waals surface area contributed by atoms with E-state index in [9.17, 15) is 29.7 Å². The lowest BCUT2D eigenvalue weighted by atomic mass is 9.90. The van der Waals surface area contributed by atoms with Crippen LogP contribution in [0, 0.1) is 0 Å². The Morgan fingerprint density at radius 2 is 1.59 bits per heavy atom. The smallest absolute Gasteiger partial charge is 0.356 e. The van der Waals surface area contributed by atoms with Crippen molar-refractivity contribution in [1.29, 1.82) is 0 Å². The Bertz CT molecular complexity index is 706. The van der Waals surface area contributed by atoms with E-state index >= 15 is 0 Å². The topological polar surface area (TPSA) is 118 Å². The molecule has 22 heavy (non-hydrogen) atoms. The first-order chi connectivity index (χ1) is 10.2. The van der Waals surface area contributed by atoms with Crippen LogP contribution in [0.25, 0.3) is 0 Å². The van der Waals surface area contributed by atoms with Crippen molar-refractivity contribution in [2.24, 2.45) is 0 Å². The second-order valence-electron chi connectivity index (χ2n) is 5.08. The molecule has 0 fully saturated rings. The summed E-state index contributed by atoms with van der Waals surface area (Å²) in [7, 11) is -4.64. The van der Waals surface area contributed by atoms with E-state index in [1.54, 1.807) is 19.1 Å². The molecule has 0 saturated carbocycles. The molecule has 0 aliphatic carbocycles. The molecular weight excluding hydrogens is 307 g/mol. The first kappa shape index (κ1) is 16.5. The lowest BCUT2D eigenvalue weighted by molar-refractivity contribution is 0.149. The Kier molecular flexibility index (Phi) is 4.58. The van der Waals surface area contributed by atoms with Gasteiger partial charge in [-0.2, -0.15) is 0 Å². The summed E-state index contributed by atoms with van der Waals surface area (Å²) in [4.78, 5) is 18.8. The fraction of sp³-hybridized carbons (Fsp3) is 0.200. The number of hydrogen-bond acceptors (Lipinski definition) is 4. The number of benzene rings is 2. The van der Waals surface area contributed by atoms with E-state index in [0.29, 0.717) is 5.56 Å². The maximum Gasteiger partial charge on any atom is 0.356 e. The Hall–Kier alpha value is -1.85. The van der Waals surface area contributed by atoms with Crippen LogP contribution in [0.1, 0.15) is 30.1 Å². The van der Waals surface area contributed by atoms with Crippen molar-refractivity contribution in [3.63, 3.8) is 0 Å². The van der Waals surface area contributed by atoms with Gasteiger partial charge in [-0.3, -0.25) is 4.57 Å². The molecular formula is C15H17O6P. The largest absolute Gasteiger partial charge is 0.508 e. The highest BCUT2D eigenvalue weighted by Gasteiger charge is 2.30. The minimum atomic E-state index is -4.64. The van der Waals surface area contributed by atoms with Crippen molar-refractivity contribution in [2.45, 2.75) is 18.9 Å². The molecule has 0 amide bonds. The van der Waals surface area contributed by atoms with Gasteiger partial charge >= 0.3 is 7.60 Å². The summed E-state index contributed by atoms with van der Waals surface area (Å²) in [6.45, 7) is 1.66. The summed E-state index contributed by atoms with van der Waals surface area (Å²) >= 11 is 0. The van der Waals surface area contributed by atoms with Gasteiger partial charge in [0, 0.05) is 11.5 Å². The molecule has 0 bridgehead atoms. The maximum atomic E-state index is 11.6. The van der Waals surface area contributed by atoms with Crippen molar-refractivity contribution in [1.82, 2.24) is 0 Å². The van der Waals surface area contributed by atoms with Crippen LogP contribution in [-0.2, 0) is 4.57 Å². The van der Waals surface area contributed by atoms with Gasteiger partial charge in [-0.05, 0) is 29.8 Å². The monoisotopic (exact) mass is 324 g/mol. The van der Waals surface area contributed by atoms with Crippen molar-refractivity contribution < 1.29 is 29.7 Å². The van der Waals surface area contributed by atoms with E-state index in [2.05, 4.69) is 0 Å². The SMILES string of the molecule is CC(c1ccc(O)cc1)C(O)c1c(O)cccc1P(=O)(O)O. The first-order valence-corrected chi connectivity index (χ1v) is 8.18. The summed E-state index contributed by atoms with van der Waals surface area (Å²) in [5.74, 6) is -0.845. The number of phenols is 2. The Morgan fingerprint density at radius 3 is 2.14 bits per heavy atom. The molecule has 2 atom stereocenters. The highest BCUT2D eigenvalue weighted by Crippen LogP contribution is 2.42. The zero-order chi connectivity index (χ0) is 16.5. The van der Waals surface area contributed by atoms with E-state index in [1.165, 1.54) is 30.3 Å². The molecule has 0 radical (unpaired) electrons. The highest BCUT2D eigenvalue weighted by atomic mass is 31.2. The lowest BCUT2D eigenvalue weighted by Gasteiger charge is -2.23. The molecule has 2 rings (SSSR count). The summed E-state index contributed by atoms with van der Waals surface area (Å²) < 4.78 is 11.6. The van der Waals surface area contributed by atoms with E-state index in [4.69, 9.17) is 0 Å². The number of aliphatic hydroxyl groups excluding tert-OH is 1. The number of aliphatic hydroxyl groups is 1. The molecule has 0 aliphatic rings. The van der Waals surface area contributed by atoms with E-state index in [1.807, 2.05) is 0 Å². The number of hydrogen-bond donors (Lipinski definition) is 5. The molecule has 7 heteroatoms. The average molecular weight is 324 g/mol. The minimum Gasteiger partial charge on any atom is -0.508 e. The third-order valence-electron chi connectivity index (χ3n) is 3.56. The van der Waals surface area contributed by atoms with Gasteiger partial charge in [-0.1, -0.05) is 25.1 Å². The predicted octanol–water partition coefficient (Wildman–Crippen LogP) is 1.74. The van der Waals surface area contributed by atoms with Gasteiger partial charge in [-0.25, -0.2) is 0 Å². The Balaban J connectivity index is 2.47. The van der Waals surface area contributed by atoms with Crippen LogP contribution in [0.3, 0.4) is 0 Å². The highest BCUT2D eigenvalue weighted by molar-refractivity contribution is 7.60. The Morgan fingerprint density at radius 1 is 1.00 bits per heavy atom. The third kappa shape index (κ3) is 3.31. The molecule has 0 heterocycles. The zero-order valence-corrected chi connectivity index (χ0v) is 12.7. The van der Waals surface area contributed by atoms with Crippen LogP contribution in [-0.4, -0.2) is 25.1 Å². The molecule has 0 aliphatic heterocycles. The second-order valence-corrected chi connectivity index (χ2v) is 6.65. The van der Waals surface area contributed by atoms with Crippen LogP contribution in [0.4, 0.5) is 0 Å². The predicted molar refractivity (Wildman–Crippen MR) is 81.3 cm³/mol. The van der Waals surface area contributed by atoms with Crippen LogP contribution in [0.15, 0.2) is 42.5 Å². The van der Waals surface area contributed by atoms with Gasteiger partial charge in [0.15, 0.2) is 0 Å². The lowest BCUT2D eigenvalue weighted by Crippen LogP contribution is -2.18. The fourth-order valence-corrected chi connectivity index (χ4v) is 3.15. The minimum absolute atomic E-state index is 0.0731. The molecule has 0 saturated heterocycles. The second kappa shape index (κ2) is 6.10. The van der Waals surface area contributed by atoms with Crippen LogP contribution < -0.4 is 5.30 Å².